The minimum Gasteiger partial charge on any atom is -0.465 e. The molecule has 0 heterocycles. The van der Waals surface area contributed by atoms with Crippen LogP contribution in [0.4, 0.5) is 4.79 Å². The lowest BCUT2D eigenvalue weighted by Crippen LogP contribution is -2.23. The Morgan fingerprint density at radius 3 is 2.05 bits per heavy atom. The lowest BCUT2D eigenvalue weighted by Gasteiger charge is -2.05. The van der Waals surface area contributed by atoms with Crippen molar-refractivity contribution in [3.8, 4) is 11.1 Å². The van der Waals surface area contributed by atoms with Crippen molar-refractivity contribution >= 4 is 17.7 Å². The molecule has 0 unspecified atom stereocenters. The predicted molar refractivity (Wildman–Crippen MR) is 76.6 cm³/mol. The summed E-state index contributed by atoms with van der Waals surface area (Å²) in [6.45, 7) is 0.426. The Morgan fingerprint density at radius 2 is 1.53 bits per heavy atom. The number of benzene rings is 2. The average molecular weight is 276 g/mol. The molecule has 1 amide bonds. The van der Waals surface area contributed by atoms with Crippen molar-refractivity contribution in [1.29, 1.82) is 0 Å². The smallest absolute Gasteiger partial charge is 0.404 e. The largest absolute Gasteiger partial charge is 0.465 e. The van der Waals surface area contributed by atoms with Crippen LogP contribution >= 0.6 is 11.6 Å². The predicted octanol–water partition coefficient (Wildman–Crippen LogP) is 3.82. The van der Waals surface area contributed by atoms with E-state index in [4.69, 9.17) is 16.7 Å². The second-order valence-corrected chi connectivity index (χ2v) is 4.62. The van der Waals surface area contributed by atoms with E-state index in [0.717, 1.165) is 21.7 Å². The summed E-state index contributed by atoms with van der Waals surface area (Å²) in [6, 6.07) is 15.7. The van der Waals surface area contributed by atoms with Crippen molar-refractivity contribution in [3.63, 3.8) is 0 Å². The van der Waals surface area contributed by atoms with E-state index in [-0.39, 0.29) is 0 Å². The number of carbonyl (C=O) groups is 1. The van der Waals surface area contributed by atoms with E-state index >= 15 is 0 Å². The Kier molecular flexibility index (Phi) is 4.42. The molecular formula is C15H14ClNO2. The number of amides is 1. The molecule has 0 fully saturated rings. The van der Waals surface area contributed by atoms with Crippen LogP contribution in [0.1, 0.15) is 5.56 Å². The van der Waals surface area contributed by atoms with Gasteiger partial charge in [-0.1, -0.05) is 48.0 Å². The number of rotatable bonds is 4. The van der Waals surface area contributed by atoms with Crippen LogP contribution in [0.3, 0.4) is 0 Å². The first-order valence-electron chi connectivity index (χ1n) is 5.97. The molecule has 0 spiro atoms. The van der Waals surface area contributed by atoms with Gasteiger partial charge in [-0.25, -0.2) is 4.79 Å². The SMILES string of the molecule is O=C(O)NCCc1ccc(-c2ccc(Cl)cc2)cc1. The second-order valence-electron chi connectivity index (χ2n) is 4.19. The van der Waals surface area contributed by atoms with E-state index in [1.54, 1.807) is 0 Å². The summed E-state index contributed by atoms with van der Waals surface area (Å²) < 4.78 is 0. The highest BCUT2D eigenvalue weighted by molar-refractivity contribution is 6.30. The molecule has 0 bridgehead atoms. The molecule has 0 aliphatic carbocycles. The highest BCUT2D eigenvalue weighted by Crippen LogP contribution is 2.21. The van der Waals surface area contributed by atoms with Crippen molar-refractivity contribution in [3.05, 3.63) is 59.1 Å². The zero-order chi connectivity index (χ0) is 13.7. The van der Waals surface area contributed by atoms with Crippen molar-refractivity contribution in [2.45, 2.75) is 6.42 Å². The minimum atomic E-state index is -0.988. The van der Waals surface area contributed by atoms with Crippen LogP contribution in [0.25, 0.3) is 11.1 Å². The molecule has 0 aromatic heterocycles. The third-order valence-corrected chi connectivity index (χ3v) is 3.07. The van der Waals surface area contributed by atoms with Gasteiger partial charge in [0.15, 0.2) is 0 Å². The van der Waals surface area contributed by atoms with E-state index in [1.807, 2.05) is 48.5 Å². The molecule has 0 radical (unpaired) electrons. The zero-order valence-electron chi connectivity index (χ0n) is 10.3. The van der Waals surface area contributed by atoms with Gasteiger partial charge in [0.25, 0.3) is 0 Å². The van der Waals surface area contributed by atoms with E-state index < -0.39 is 6.09 Å². The fourth-order valence-corrected chi connectivity index (χ4v) is 1.95. The summed E-state index contributed by atoms with van der Waals surface area (Å²) in [5, 5.41) is 11.6. The summed E-state index contributed by atoms with van der Waals surface area (Å²) in [7, 11) is 0. The molecule has 19 heavy (non-hydrogen) atoms. The molecule has 0 saturated heterocycles. The first-order valence-corrected chi connectivity index (χ1v) is 6.34. The van der Waals surface area contributed by atoms with Crippen LogP contribution < -0.4 is 5.32 Å². The number of nitrogens with one attached hydrogen (secondary N) is 1. The molecule has 0 atom stereocenters. The van der Waals surface area contributed by atoms with Gasteiger partial charge in [0.1, 0.15) is 0 Å². The normalized spacial score (nSPS) is 10.2. The van der Waals surface area contributed by atoms with Gasteiger partial charge < -0.3 is 10.4 Å². The third kappa shape index (κ3) is 4.00. The van der Waals surface area contributed by atoms with Crippen LogP contribution in [0, 0.1) is 0 Å². The van der Waals surface area contributed by atoms with Gasteiger partial charge in [0, 0.05) is 11.6 Å². The fourth-order valence-electron chi connectivity index (χ4n) is 1.82. The Hall–Kier alpha value is -2.00. The monoisotopic (exact) mass is 275 g/mol. The maximum atomic E-state index is 10.3. The van der Waals surface area contributed by atoms with Gasteiger partial charge in [-0.3, -0.25) is 0 Å². The molecule has 2 rings (SSSR count). The summed E-state index contributed by atoms with van der Waals surface area (Å²) in [5.74, 6) is 0. The molecule has 0 saturated carbocycles. The number of halogens is 1. The van der Waals surface area contributed by atoms with Crippen molar-refractivity contribution in [2.24, 2.45) is 0 Å². The molecule has 2 aromatic carbocycles. The topological polar surface area (TPSA) is 49.3 Å². The Bertz CT molecular complexity index is 549. The lowest BCUT2D eigenvalue weighted by atomic mass is 10.0. The minimum absolute atomic E-state index is 0.426. The number of carboxylic acid groups (broad SMARTS) is 1. The van der Waals surface area contributed by atoms with Crippen LogP contribution in [0.15, 0.2) is 48.5 Å². The molecule has 2 aromatic rings. The summed E-state index contributed by atoms with van der Waals surface area (Å²) in [6.07, 6.45) is -0.300. The molecular weight excluding hydrogens is 262 g/mol. The molecule has 2 N–H and O–H groups in total. The molecule has 0 aliphatic rings. The van der Waals surface area contributed by atoms with Gasteiger partial charge in [-0.15, -0.1) is 0 Å². The second kappa shape index (κ2) is 6.25. The Balaban J connectivity index is 2.02. The maximum absolute atomic E-state index is 10.3. The quantitative estimate of drug-likeness (QED) is 0.891. The van der Waals surface area contributed by atoms with Gasteiger partial charge >= 0.3 is 6.09 Å². The number of hydrogen-bond acceptors (Lipinski definition) is 1. The average Bonchev–Trinajstić information content (AvgIpc) is 2.40. The molecule has 4 heteroatoms. The van der Waals surface area contributed by atoms with E-state index in [0.29, 0.717) is 13.0 Å². The molecule has 0 aliphatic heterocycles. The Labute approximate surface area is 116 Å². The third-order valence-electron chi connectivity index (χ3n) is 2.82. The Morgan fingerprint density at radius 1 is 1.00 bits per heavy atom. The number of hydrogen-bond donors (Lipinski definition) is 2. The van der Waals surface area contributed by atoms with E-state index in [2.05, 4.69) is 5.32 Å². The van der Waals surface area contributed by atoms with Gasteiger partial charge in [0.05, 0.1) is 0 Å². The highest BCUT2D eigenvalue weighted by Gasteiger charge is 1.99. The van der Waals surface area contributed by atoms with E-state index in [1.165, 1.54) is 0 Å². The van der Waals surface area contributed by atoms with Gasteiger partial charge in [-0.2, -0.15) is 0 Å². The van der Waals surface area contributed by atoms with Crippen LogP contribution in [0.2, 0.25) is 5.02 Å². The first-order chi connectivity index (χ1) is 9.15. The summed E-state index contributed by atoms with van der Waals surface area (Å²) in [5.41, 5.74) is 3.33. The maximum Gasteiger partial charge on any atom is 0.404 e. The van der Waals surface area contributed by atoms with Crippen LogP contribution in [-0.4, -0.2) is 17.7 Å². The van der Waals surface area contributed by atoms with E-state index in [9.17, 15) is 4.79 Å². The fraction of sp³-hybridized carbons (Fsp3) is 0.133. The highest BCUT2D eigenvalue weighted by atomic mass is 35.5. The van der Waals surface area contributed by atoms with Crippen molar-refractivity contribution in [1.82, 2.24) is 5.32 Å². The molecule has 98 valence electrons. The standard InChI is InChI=1S/C15H14ClNO2/c16-14-7-5-13(6-8-14)12-3-1-11(2-4-12)9-10-17-15(18)19/h1-8,17H,9-10H2,(H,18,19). The van der Waals surface area contributed by atoms with Crippen LogP contribution in [-0.2, 0) is 6.42 Å². The summed E-state index contributed by atoms with van der Waals surface area (Å²) >= 11 is 5.85. The van der Waals surface area contributed by atoms with Crippen LogP contribution in [0.5, 0.6) is 0 Å². The zero-order valence-corrected chi connectivity index (χ0v) is 11.0. The van der Waals surface area contributed by atoms with Crippen molar-refractivity contribution in [2.75, 3.05) is 6.54 Å². The van der Waals surface area contributed by atoms with Crippen molar-refractivity contribution < 1.29 is 9.90 Å². The first kappa shape index (κ1) is 13.4. The summed E-state index contributed by atoms with van der Waals surface area (Å²) in [4.78, 5) is 10.3. The lowest BCUT2D eigenvalue weighted by molar-refractivity contribution is 0.194. The van der Waals surface area contributed by atoms with Gasteiger partial charge in [-0.05, 0) is 35.2 Å². The van der Waals surface area contributed by atoms with Gasteiger partial charge in [0.2, 0.25) is 0 Å². The molecule has 3 nitrogen and oxygen atoms in total.